The van der Waals surface area contributed by atoms with Gasteiger partial charge in [0.25, 0.3) is 0 Å². The van der Waals surface area contributed by atoms with Gasteiger partial charge >= 0.3 is 0 Å². The van der Waals surface area contributed by atoms with Crippen LogP contribution in [-0.2, 0) is 0 Å². The number of aromatic nitrogens is 10. The van der Waals surface area contributed by atoms with E-state index in [0.717, 1.165) is 50.3 Å². The first-order chi connectivity index (χ1) is 63.0. The minimum absolute atomic E-state index is 0.651. The van der Waals surface area contributed by atoms with E-state index in [0.29, 0.717) is 34.9 Å². The van der Waals surface area contributed by atoms with Gasteiger partial charge in [0.2, 0.25) is 0 Å². The van der Waals surface area contributed by atoms with E-state index in [1.807, 2.05) is 131 Å². The molecule has 0 bridgehead atoms. The zero-order valence-electron chi connectivity index (χ0n) is 68.1. The van der Waals surface area contributed by atoms with E-state index in [4.69, 9.17) is 29.9 Å². The maximum absolute atomic E-state index is 5.17. The Hall–Kier alpha value is -16.2. The van der Waals surface area contributed by atoms with Gasteiger partial charge < -0.3 is 18.3 Å². The molecule has 0 aliphatic rings. The van der Waals surface area contributed by atoms with Crippen molar-refractivity contribution < 1.29 is 0 Å². The molecule has 127 heavy (non-hydrogen) atoms. The van der Waals surface area contributed by atoms with Crippen LogP contribution in [-0.4, -0.2) is 48.2 Å². The van der Waals surface area contributed by atoms with Gasteiger partial charge in [-0.3, -0.25) is 0 Å². The number of nitrogens with zero attached hydrogens (tertiary/aromatic N) is 10. The summed E-state index contributed by atoms with van der Waals surface area (Å²) in [5, 5.41) is 17.9. The van der Waals surface area contributed by atoms with Crippen molar-refractivity contribution in [3.8, 4) is 91.1 Å². The minimum atomic E-state index is 0.651. The van der Waals surface area contributed by atoms with Gasteiger partial charge in [-0.2, -0.15) is 0 Å². The second kappa shape index (κ2) is 30.4. The summed E-state index contributed by atoms with van der Waals surface area (Å²) < 4.78 is 17.4. The second-order valence-corrected chi connectivity index (χ2v) is 35.1. The average Bonchev–Trinajstić information content (AvgIpc) is 1.56. The fourth-order valence-electron chi connectivity index (χ4n) is 19.0. The zero-order chi connectivity index (χ0) is 83.6. The number of thiophene rings is 3. The molecule has 9 heterocycles. The fourth-order valence-corrected chi connectivity index (χ4v) is 22.8. The van der Waals surface area contributed by atoms with Crippen LogP contribution in [0.4, 0.5) is 0 Å². The van der Waals surface area contributed by atoms with Gasteiger partial charge in [-0.15, -0.1) is 34.0 Å². The van der Waals surface area contributed by atoms with E-state index in [9.17, 15) is 0 Å². The maximum Gasteiger partial charge on any atom is 0.164 e. The Bertz CT molecular complexity index is 8890. The van der Waals surface area contributed by atoms with Crippen molar-refractivity contribution in [3.05, 3.63) is 425 Å². The lowest BCUT2D eigenvalue weighted by Crippen LogP contribution is -2.01. The molecule has 0 fully saturated rings. The molecule has 9 aromatic heterocycles. The molecule has 10 nitrogen and oxygen atoms in total. The Morgan fingerprint density at radius 2 is 0.441 bits per heavy atom. The Morgan fingerprint density at radius 1 is 0.157 bits per heavy atom. The van der Waals surface area contributed by atoms with E-state index >= 15 is 0 Å². The number of rotatable bonds is 10. The second-order valence-electron chi connectivity index (χ2n) is 31.9. The van der Waals surface area contributed by atoms with Crippen LogP contribution >= 0.6 is 34.0 Å². The molecule has 13 heteroatoms. The molecular weight excluding hydrogens is 1610 g/mol. The first-order valence-corrected chi connectivity index (χ1v) is 45.0. The van der Waals surface area contributed by atoms with Gasteiger partial charge in [-0.1, -0.05) is 297 Å². The van der Waals surface area contributed by atoms with Gasteiger partial charge in [0.1, 0.15) is 0 Å². The average molecular weight is 1680 g/mol. The Labute approximate surface area is 740 Å². The van der Waals surface area contributed by atoms with Crippen LogP contribution in [0.2, 0.25) is 0 Å². The van der Waals surface area contributed by atoms with Crippen LogP contribution in [0.1, 0.15) is 0 Å². The molecule has 27 rings (SSSR count). The number of hydrogen-bond donors (Lipinski definition) is 0. The first-order valence-electron chi connectivity index (χ1n) is 42.6. The molecule has 0 unspecified atom stereocenters. The topological polar surface area (TPSA) is 97.1 Å². The third-order valence-corrected chi connectivity index (χ3v) is 28.2. The summed E-state index contributed by atoms with van der Waals surface area (Å²) >= 11 is 5.62. The molecule has 0 saturated carbocycles. The standard InChI is InChI=1S/2C39H24N4S.C36H22N2S/c1-4-14-25(15-5-1)37-40-38(26-16-6-2-7-17-26)42-39(41-37)30-24-32-35(36-34(30)29-21-11-13-23-33(29)44-36)28-20-10-12-22-31(28)43(32)27-18-8-3-9-19-27;1-3-11-25(12-4-1)37-40-38(26-13-5-2-6-14-26)42-39(41-37)27-19-21-28(22-20-27)43-32-17-9-7-16-31(32)35-33(43)24-23-30-29-15-8-10-18-34(29)44-36(30)35;1-2-10-23(11-3-1)37-30-15-7-4-12-25(30)29-22-24(18-20-32(29)37)38-31-16-8-5-14-28(31)35-33(38)21-19-27-26-13-6-9-17-34(26)39-36(27)35/h2*1-24H;1-22H. The molecule has 0 N–H and O–H groups in total. The summed E-state index contributed by atoms with van der Waals surface area (Å²) in [6, 6.07) is 150. The molecule has 0 atom stereocenters. The van der Waals surface area contributed by atoms with E-state index in [-0.39, 0.29) is 0 Å². The van der Waals surface area contributed by atoms with Gasteiger partial charge in [0.15, 0.2) is 34.9 Å². The smallest absolute Gasteiger partial charge is 0.164 e. The SMILES string of the molecule is c1ccc(-c2nc(-c3ccccc3)nc(-c3cc4c(c5ccccc5n4-c4ccccc4)c4sc5ccccc5c34)n2)cc1.c1ccc(-c2nc(-c3ccccc3)nc(-c3ccc(-n4c5ccccc5c5c6sc7ccccc7c6ccc54)cc3)n2)cc1.c1ccc(-n2c3ccccc3c3cc(-n4c5ccccc5c5c6sc7ccccc7c6ccc54)ccc32)cc1. The van der Waals surface area contributed by atoms with Crippen molar-refractivity contribution in [2.75, 3.05) is 0 Å². The van der Waals surface area contributed by atoms with E-state index in [2.05, 4.69) is 346 Å². The molecule has 0 saturated heterocycles. The van der Waals surface area contributed by atoms with Crippen molar-refractivity contribution in [2.45, 2.75) is 0 Å². The van der Waals surface area contributed by atoms with Crippen molar-refractivity contribution in [3.63, 3.8) is 0 Å². The lowest BCUT2D eigenvalue weighted by molar-refractivity contribution is 1.07. The van der Waals surface area contributed by atoms with Gasteiger partial charge in [-0.05, 0) is 127 Å². The van der Waals surface area contributed by atoms with Crippen molar-refractivity contribution in [1.29, 1.82) is 0 Å². The minimum Gasteiger partial charge on any atom is -0.309 e. The number of para-hydroxylation sites is 6. The third kappa shape index (κ3) is 12.3. The normalized spacial score (nSPS) is 11.8. The highest BCUT2D eigenvalue weighted by molar-refractivity contribution is 7.27. The van der Waals surface area contributed by atoms with Crippen LogP contribution in [0.25, 0.3) is 239 Å². The molecule has 0 amide bonds. The lowest BCUT2D eigenvalue weighted by atomic mass is 10.0. The molecule has 0 aliphatic carbocycles. The summed E-state index contributed by atoms with van der Waals surface area (Å²) in [7, 11) is 0. The maximum atomic E-state index is 5.17. The highest BCUT2D eigenvalue weighted by Gasteiger charge is 2.27. The molecular formula is C114H70N10S3. The van der Waals surface area contributed by atoms with Crippen molar-refractivity contribution in [2.24, 2.45) is 0 Å². The van der Waals surface area contributed by atoms with Gasteiger partial charge in [0.05, 0.1) is 44.1 Å². The zero-order valence-corrected chi connectivity index (χ0v) is 70.6. The molecule has 0 aliphatic heterocycles. The summed E-state index contributed by atoms with van der Waals surface area (Å²) in [6.07, 6.45) is 0. The van der Waals surface area contributed by atoms with E-state index in [1.165, 1.54) is 154 Å². The summed E-state index contributed by atoms with van der Waals surface area (Å²) in [4.78, 5) is 30.0. The third-order valence-electron chi connectivity index (χ3n) is 24.6. The Morgan fingerprint density at radius 3 is 0.882 bits per heavy atom. The highest BCUT2D eigenvalue weighted by atomic mass is 32.1. The van der Waals surface area contributed by atoms with Crippen LogP contribution in [0, 0.1) is 0 Å². The van der Waals surface area contributed by atoms with Gasteiger partial charge in [0, 0.05) is 160 Å². The molecule has 0 spiro atoms. The molecule has 27 aromatic rings. The summed E-state index contributed by atoms with van der Waals surface area (Å²) in [6.45, 7) is 0. The fraction of sp³-hybridized carbons (Fsp3) is 0. The molecule has 0 radical (unpaired) electrons. The molecule has 594 valence electrons. The van der Waals surface area contributed by atoms with Crippen LogP contribution in [0.3, 0.4) is 0 Å². The number of hydrogen-bond acceptors (Lipinski definition) is 9. The summed E-state index contributed by atoms with van der Waals surface area (Å²) in [5.41, 5.74) is 20.0. The monoisotopic (exact) mass is 1670 g/mol. The van der Waals surface area contributed by atoms with Crippen LogP contribution < -0.4 is 0 Å². The van der Waals surface area contributed by atoms with E-state index in [1.54, 1.807) is 0 Å². The predicted octanol–water partition coefficient (Wildman–Crippen LogP) is 30.9. The van der Waals surface area contributed by atoms with Crippen LogP contribution in [0.15, 0.2) is 425 Å². The number of benzene rings is 18. The predicted molar refractivity (Wildman–Crippen MR) is 535 cm³/mol. The van der Waals surface area contributed by atoms with E-state index < -0.39 is 0 Å². The van der Waals surface area contributed by atoms with Gasteiger partial charge in [-0.25, -0.2) is 29.9 Å². The highest BCUT2D eigenvalue weighted by Crippen LogP contribution is 2.50. The van der Waals surface area contributed by atoms with Crippen molar-refractivity contribution in [1.82, 2.24) is 48.2 Å². The first kappa shape index (κ1) is 73.5. The number of fused-ring (bicyclic) bond motifs is 24. The Kier molecular flexibility index (Phi) is 17.6. The quantitative estimate of drug-likeness (QED) is 0.135. The van der Waals surface area contributed by atoms with Crippen molar-refractivity contribution >= 4 is 182 Å². The largest absolute Gasteiger partial charge is 0.309 e. The van der Waals surface area contributed by atoms with Crippen LogP contribution in [0.5, 0.6) is 0 Å². The lowest BCUT2D eigenvalue weighted by Gasteiger charge is -2.12. The molecule has 18 aromatic carbocycles. The Balaban J connectivity index is 0.000000104. The summed E-state index contributed by atoms with van der Waals surface area (Å²) in [5.74, 6) is 3.95.